The van der Waals surface area contributed by atoms with Gasteiger partial charge in [-0.2, -0.15) is 4.80 Å². The van der Waals surface area contributed by atoms with E-state index in [0.717, 1.165) is 0 Å². The third-order valence-corrected chi connectivity index (χ3v) is 3.78. The van der Waals surface area contributed by atoms with Gasteiger partial charge in [-0.15, -0.1) is 10.2 Å². The van der Waals surface area contributed by atoms with Crippen LogP contribution in [0.4, 0.5) is 8.78 Å². The summed E-state index contributed by atoms with van der Waals surface area (Å²) < 4.78 is 26.7. The van der Waals surface area contributed by atoms with Crippen LogP contribution >= 0.6 is 0 Å². The molecule has 1 heterocycles. The predicted molar refractivity (Wildman–Crippen MR) is 93.0 cm³/mol. The molecule has 0 aliphatic carbocycles. The largest absolute Gasteiger partial charge is 0.298 e. The van der Waals surface area contributed by atoms with E-state index in [9.17, 15) is 13.6 Å². The first-order valence-electron chi connectivity index (χ1n) is 8.01. The molecule has 3 aromatic rings. The molecule has 0 saturated carbocycles. The highest BCUT2D eigenvalue weighted by atomic mass is 19.1. The first kappa shape index (κ1) is 17.6. The van der Waals surface area contributed by atoms with Gasteiger partial charge in [0.05, 0.1) is 11.6 Å². The number of halogens is 2. The van der Waals surface area contributed by atoms with Crippen molar-refractivity contribution in [2.75, 3.05) is 0 Å². The number of rotatable bonds is 5. The Kier molecular flexibility index (Phi) is 4.97. The van der Waals surface area contributed by atoms with Crippen LogP contribution in [0.2, 0.25) is 0 Å². The van der Waals surface area contributed by atoms with E-state index in [4.69, 9.17) is 0 Å². The molecule has 1 aromatic heterocycles. The molecule has 26 heavy (non-hydrogen) atoms. The maximum Gasteiger partial charge on any atom is 0.208 e. The van der Waals surface area contributed by atoms with Crippen LogP contribution < -0.4 is 0 Å². The Bertz CT molecular complexity index is 897. The molecule has 0 atom stereocenters. The summed E-state index contributed by atoms with van der Waals surface area (Å²) in [7, 11) is 0. The Balaban J connectivity index is 2.24. The van der Waals surface area contributed by atoms with Crippen molar-refractivity contribution in [2.45, 2.75) is 19.9 Å². The molecule has 0 aliphatic heterocycles. The minimum atomic E-state index is -0.399. The van der Waals surface area contributed by atoms with Crippen LogP contribution in [-0.2, 0) is 4.79 Å². The molecule has 0 aliphatic rings. The summed E-state index contributed by atoms with van der Waals surface area (Å²) in [6, 6.07) is 11.3. The number of hydrogen-bond acceptors (Lipinski definition) is 4. The fourth-order valence-electron chi connectivity index (χ4n) is 2.49. The van der Waals surface area contributed by atoms with Crippen LogP contribution in [-0.4, -0.2) is 26.5 Å². The van der Waals surface area contributed by atoms with Gasteiger partial charge in [-0.05, 0) is 54.5 Å². The number of allylic oxidation sites excluding steroid dienone is 1. The molecular weight excluding hydrogens is 338 g/mol. The zero-order valence-electron chi connectivity index (χ0n) is 14.2. The van der Waals surface area contributed by atoms with Gasteiger partial charge in [0, 0.05) is 5.57 Å². The lowest BCUT2D eigenvalue weighted by Crippen LogP contribution is -2.05. The zero-order chi connectivity index (χ0) is 18.7. The lowest BCUT2D eigenvalue weighted by atomic mass is 9.93. The molecule has 3 rings (SSSR count). The summed E-state index contributed by atoms with van der Waals surface area (Å²) in [6.07, 6.45) is 0.629. The second-order valence-electron chi connectivity index (χ2n) is 5.95. The quantitative estimate of drug-likeness (QED) is 0.518. The van der Waals surface area contributed by atoms with Gasteiger partial charge < -0.3 is 0 Å². The molecule has 0 amide bonds. The van der Waals surface area contributed by atoms with E-state index in [-0.39, 0.29) is 17.4 Å². The van der Waals surface area contributed by atoms with E-state index in [2.05, 4.69) is 15.4 Å². The van der Waals surface area contributed by atoms with Gasteiger partial charge in [-0.25, -0.2) is 8.78 Å². The normalized spacial score (nSPS) is 10.8. The molecule has 0 saturated heterocycles. The van der Waals surface area contributed by atoms with Crippen LogP contribution in [0.3, 0.4) is 0 Å². The summed E-state index contributed by atoms with van der Waals surface area (Å²) in [4.78, 5) is 13.3. The second kappa shape index (κ2) is 7.35. The van der Waals surface area contributed by atoms with E-state index in [0.29, 0.717) is 23.0 Å². The SMILES string of the molecule is CC(C)n1nnc(C(C=O)=C(c2ccc(F)cc2)c2ccc(F)cc2)n1. The van der Waals surface area contributed by atoms with E-state index in [1.165, 1.54) is 29.1 Å². The lowest BCUT2D eigenvalue weighted by Gasteiger charge is -2.11. The van der Waals surface area contributed by atoms with Crippen molar-refractivity contribution in [3.8, 4) is 0 Å². The molecule has 2 aromatic carbocycles. The van der Waals surface area contributed by atoms with Gasteiger partial charge in [0.1, 0.15) is 11.6 Å². The molecule has 0 N–H and O–H groups in total. The minimum absolute atomic E-state index is 0.0238. The topological polar surface area (TPSA) is 60.7 Å². The number of hydrogen-bond donors (Lipinski definition) is 0. The maximum absolute atomic E-state index is 13.3. The first-order chi connectivity index (χ1) is 12.5. The molecule has 5 nitrogen and oxygen atoms in total. The highest BCUT2D eigenvalue weighted by Gasteiger charge is 2.18. The van der Waals surface area contributed by atoms with Crippen LogP contribution in [0.25, 0.3) is 11.1 Å². The van der Waals surface area contributed by atoms with Gasteiger partial charge in [-0.1, -0.05) is 24.3 Å². The number of carbonyl (C=O) groups is 1. The van der Waals surface area contributed by atoms with Gasteiger partial charge in [0.25, 0.3) is 0 Å². The fourth-order valence-corrected chi connectivity index (χ4v) is 2.49. The second-order valence-corrected chi connectivity index (χ2v) is 5.95. The standard InChI is InChI=1S/C19H16F2N4O/c1-12(2)25-23-19(22-24-25)17(11-26)18(13-3-7-15(20)8-4-13)14-5-9-16(21)10-6-14/h3-12H,1-2H3. The number of aldehydes is 1. The molecule has 0 fully saturated rings. The van der Waals surface area contributed by atoms with E-state index < -0.39 is 11.6 Å². The van der Waals surface area contributed by atoms with E-state index in [1.54, 1.807) is 24.3 Å². The van der Waals surface area contributed by atoms with Crippen LogP contribution in [0.5, 0.6) is 0 Å². The van der Waals surface area contributed by atoms with Crippen LogP contribution in [0, 0.1) is 11.6 Å². The average Bonchev–Trinajstić information content (AvgIpc) is 3.12. The number of tetrazole rings is 1. The van der Waals surface area contributed by atoms with Crippen molar-refractivity contribution in [2.24, 2.45) is 0 Å². The van der Waals surface area contributed by atoms with Gasteiger partial charge in [0.15, 0.2) is 6.29 Å². The molecule has 7 heteroatoms. The number of aromatic nitrogens is 4. The molecule has 0 unspecified atom stereocenters. The summed E-state index contributed by atoms with van der Waals surface area (Å²) in [6.45, 7) is 3.77. The van der Waals surface area contributed by atoms with Crippen molar-refractivity contribution in [3.05, 3.63) is 77.1 Å². The Morgan fingerprint density at radius 3 is 1.85 bits per heavy atom. The molecule has 132 valence electrons. The molecular formula is C19H16F2N4O. The van der Waals surface area contributed by atoms with Gasteiger partial charge in [-0.3, -0.25) is 4.79 Å². The number of nitrogens with zero attached hydrogens (tertiary/aromatic N) is 4. The Labute approximate surface area is 149 Å². The smallest absolute Gasteiger partial charge is 0.208 e. The van der Waals surface area contributed by atoms with Gasteiger partial charge >= 0.3 is 0 Å². The Hall–Kier alpha value is -3.22. The van der Waals surface area contributed by atoms with Crippen molar-refractivity contribution in [1.29, 1.82) is 0 Å². The summed E-state index contributed by atoms with van der Waals surface area (Å²) in [5.41, 5.74) is 1.83. The minimum Gasteiger partial charge on any atom is -0.298 e. The Morgan fingerprint density at radius 1 is 0.962 bits per heavy atom. The molecule has 0 spiro atoms. The first-order valence-corrected chi connectivity index (χ1v) is 8.01. The number of carbonyl (C=O) groups excluding carboxylic acids is 1. The third-order valence-electron chi connectivity index (χ3n) is 3.78. The molecule has 0 bridgehead atoms. The summed E-state index contributed by atoms with van der Waals surface area (Å²) in [5, 5.41) is 12.2. The monoisotopic (exact) mass is 354 g/mol. The molecule has 0 radical (unpaired) electrons. The summed E-state index contributed by atoms with van der Waals surface area (Å²) >= 11 is 0. The van der Waals surface area contributed by atoms with E-state index in [1.807, 2.05) is 13.8 Å². The summed E-state index contributed by atoms with van der Waals surface area (Å²) in [5.74, 6) is -0.648. The maximum atomic E-state index is 13.3. The van der Waals surface area contributed by atoms with Crippen molar-refractivity contribution < 1.29 is 13.6 Å². The highest BCUT2D eigenvalue weighted by molar-refractivity contribution is 6.19. The fraction of sp³-hybridized carbons (Fsp3) is 0.158. The lowest BCUT2D eigenvalue weighted by molar-refractivity contribution is -0.103. The van der Waals surface area contributed by atoms with Crippen LogP contribution in [0.1, 0.15) is 36.8 Å². The Morgan fingerprint density at radius 2 is 1.46 bits per heavy atom. The van der Waals surface area contributed by atoms with Crippen molar-refractivity contribution in [3.63, 3.8) is 0 Å². The third kappa shape index (κ3) is 3.56. The van der Waals surface area contributed by atoms with Crippen LogP contribution in [0.15, 0.2) is 48.5 Å². The van der Waals surface area contributed by atoms with Crippen molar-refractivity contribution >= 4 is 17.4 Å². The van der Waals surface area contributed by atoms with E-state index >= 15 is 0 Å². The predicted octanol–water partition coefficient (Wildman–Crippen LogP) is 3.69. The van der Waals surface area contributed by atoms with Gasteiger partial charge in [0.2, 0.25) is 5.82 Å². The highest BCUT2D eigenvalue weighted by Crippen LogP contribution is 2.30. The average molecular weight is 354 g/mol. The zero-order valence-corrected chi connectivity index (χ0v) is 14.2. The number of benzene rings is 2. The van der Waals surface area contributed by atoms with Crippen molar-refractivity contribution in [1.82, 2.24) is 20.2 Å².